The molecule has 0 unspecified atom stereocenters. The molecular weight excluding hydrogens is 238 g/mol. The summed E-state index contributed by atoms with van der Waals surface area (Å²) in [7, 11) is 3.42. The number of hydrogen-bond acceptors (Lipinski definition) is 3. The molecule has 0 bridgehead atoms. The van der Waals surface area contributed by atoms with Crippen LogP contribution < -0.4 is 4.74 Å². The number of aliphatic imine (C=N–C) groups is 1. The lowest BCUT2D eigenvalue weighted by Crippen LogP contribution is -2.34. The maximum absolute atomic E-state index is 5.51. The highest BCUT2D eigenvalue weighted by Gasteiger charge is 2.33. The van der Waals surface area contributed by atoms with Crippen LogP contribution >= 0.6 is 0 Å². The van der Waals surface area contributed by atoms with Crippen molar-refractivity contribution in [1.82, 2.24) is 0 Å². The first-order valence-corrected chi connectivity index (χ1v) is 6.91. The summed E-state index contributed by atoms with van der Waals surface area (Å²) in [5, 5.41) is 0. The summed E-state index contributed by atoms with van der Waals surface area (Å²) < 4.78 is 10.9. The summed E-state index contributed by atoms with van der Waals surface area (Å²) >= 11 is 0. The predicted molar refractivity (Wildman–Crippen MR) is 78.3 cm³/mol. The van der Waals surface area contributed by atoms with Gasteiger partial charge in [-0.25, -0.2) is 4.99 Å². The molecule has 3 heteroatoms. The number of hydrogen-bond donors (Lipinski definition) is 0. The minimum atomic E-state index is -0.0292. The van der Waals surface area contributed by atoms with Crippen LogP contribution in [0.2, 0.25) is 0 Å². The van der Waals surface area contributed by atoms with Gasteiger partial charge < -0.3 is 9.47 Å². The first-order chi connectivity index (χ1) is 9.09. The van der Waals surface area contributed by atoms with E-state index in [0.717, 1.165) is 42.0 Å². The fraction of sp³-hybridized carbons (Fsp3) is 0.562. The molecule has 1 aromatic carbocycles. The zero-order valence-electron chi connectivity index (χ0n) is 12.5. The molecule has 3 nitrogen and oxygen atoms in total. The molecule has 0 spiro atoms. The fourth-order valence-electron chi connectivity index (χ4n) is 2.78. The van der Waals surface area contributed by atoms with Gasteiger partial charge in [-0.3, -0.25) is 0 Å². The van der Waals surface area contributed by atoms with Crippen LogP contribution in [0.3, 0.4) is 0 Å². The third-order valence-electron chi connectivity index (χ3n) is 4.22. The average molecular weight is 261 g/mol. The topological polar surface area (TPSA) is 30.8 Å². The highest BCUT2D eigenvalue weighted by atomic mass is 16.5. The van der Waals surface area contributed by atoms with Crippen LogP contribution in [-0.4, -0.2) is 25.7 Å². The smallest absolute Gasteiger partial charge is 0.216 e. The van der Waals surface area contributed by atoms with E-state index in [1.54, 1.807) is 14.2 Å². The summed E-state index contributed by atoms with van der Waals surface area (Å²) in [6.45, 7) is 6.43. The van der Waals surface area contributed by atoms with E-state index in [-0.39, 0.29) is 5.54 Å². The number of benzene rings is 1. The molecule has 1 aliphatic rings. The molecule has 0 amide bonds. The number of ether oxygens (including phenoxy) is 2. The molecule has 0 fully saturated rings. The average Bonchev–Trinajstić information content (AvgIpc) is 2.45. The first kappa shape index (κ1) is 13.9. The second-order valence-corrected chi connectivity index (χ2v) is 5.21. The van der Waals surface area contributed by atoms with Crippen LogP contribution in [0, 0.1) is 6.92 Å². The minimum absolute atomic E-state index is 0.0292. The third-order valence-corrected chi connectivity index (χ3v) is 4.22. The molecular formula is C16H23NO2. The van der Waals surface area contributed by atoms with Gasteiger partial charge in [0, 0.05) is 5.56 Å². The normalized spacial score (nSPS) is 16.6. The molecule has 0 aliphatic carbocycles. The van der Waals surface area contributed by atoms with Gasteiger partial charge >= 0.3 is 0 Å². The van der Waals surface area contributed by atoms with Gasteiger partial charge in [0.1, 0.15) is 5.75 Å². The second kappa shape index (κ2) is 5.24. The minimum Gasteiger partial charge on any atom is -0.496 e. The van der Waals surface area contributed by atoms with E-state index in [0.29, 0.717) is 0 Å². The van der Waals surface area contributed by atoms with E-state index in [2.05, 4.69) is 26.0 Å². The lowest BCUT2D eigenvalue weighted by Gasteiger charge is -2.33. The Morgan fingerprint density at radius 2 is 1.84 bits per heavy atom. The maximum atomic E-state index is 5.51. The van der Waals surface area contributed by atoms with Gasteiger partial charge in [0.25, 0.3) is 0 Å². The SMILES string of the molecule is CCC1(CC)Cc2cc(OC)c(C)cc2C(OC)=N1. The van der Waals surface area contributed by atoms with E-state index in [9.17, 15) is 0 Å². The Balaban J connectivity index is 2.57. The molecule has 19 heavy (non-hydrogen) atoms. The van der Waals surface area contributed by atoms with Gasteiger partial charge in [-0.05, 0) is 49.4 Å². The molecule has 1 heterocycles. The predicted octanol–water partition coefficient (Wildman–Crippen LogP) is 3.51. The van der Waals surface area contributed by atoms with E-state index < -0.39 is 0 Å². The van der Waals surface area contributed by atoms with Crippen molar-refractivity contribution >= 4 is 5.90 Å². The molecule has 0 N–H and O–H groups in total. The fourth-order valence-corrected chi connectivity index (χ4v) is 2.78. The molecule has 0 saturated carbocycles. The zero-order valence-corrected chi connectivity index (χ0v) is 12.5. The molecule has 0 atom stereocenters. The highest BCUT2D eigenvalue weighted by Crippen LogP contribution is 2.35. The van der Waals surface area contributed by atoms with Crippen molar-refractivity contribution in [2.45, 2.75) is 45.6 Å². The summed E-state index contributed by atoms with van der Waals surface area (Å²) in [6, 6.07) is 4.25. The Morgan fingerprint density at radius 3 is 2.37 bits per heavy atom. The standard InChI is InChI=1S/C16H23NO2/c1-6-16(7-2)10-12-9-14(18-4)11(3)8-13(12)15(17-16)19-5/h8-9H,6-7,10H2,1-5H3. The number of rotatable bonds is 3. The molecule has 104 valence electrons. The van der Waals surface area contributed by atoms with Gasteiger partial charge in [0.2, 0.25) is 5.90 Å². The second-order valence-electron chi connectivity index (χ2n) is 5.21. The van der Waals surface area contributed by atoms with Crippen LogP contribution in [0.1, 0.15) is 43.4 Å². The van der Waals surface area contributed by atoms with Crippen LogP contribution in [0.5, 0.6) is 5.75 Å². The highest BCUT2D eigenvalue weighted by molar-refractivity contribution is 5.97. The Hall–Kier alpha value is -1.51. The van der Waals surface area contributed by atoms with Crippen molar-refractivity contribution in [1.29, 1.82) is 0 Å². The van der Waals surface area contributed by atoms with Gasteiger partial charge in [-0.1, -0.05) is 13.8 Å². The van der Waals surface area contributed by atoms with E-state index in [1.807, 2.05) is 6.92 Å². The van der Waals surface area contributed by atoms with E-state index >= 15 is 0 Å². The monoisotopic (exact) mass is 261 g/mol. The summed E-state index contributed by atoms with van der Waals surface area (Å²) in [5.74, 6) is 1.70. The molecule has 1 aliphatic heterocycles. The first-order valence-electron chi connectivity index (χ1n) is 6.91. The molecule has 1 aromatic rings. The third kappa shape index (κ3) is 2.34. The van der Waals surface area contributed by atoms with Gasteiger partial charge in [0.05, 0.1) is 19.8 Å². The van der Waals surface area contributed by atoms with Crippen molar-refractivity contribution in [3.05, 3.63) is 28.8 Å². The largest absolute Gasteiger partial charge is 0.496 e. The van der Waals surface area contributed by atoms with Crippen molar-refractivity contribution in [3.8, 4) is 5.75 Å². The molecule has 0 radical (unpaired) electrons. The van der Waals surface area contributed by atoms with Crippen molar-refractivity contribution in [2.75, 3.05) is 14.2 Å². The lowest BCUT2D eigenvalue weighted by atomic mass is 9.82. The maximum Gasteiger partial charge on any atom is 0.216 e. The summed E-state index contributed by atoms with van der Waals surface area (Å²) in [6.07, 6.45) is 3.00. The van der Waals surface area contributed by atoms with Crippen molar-refractivity contribution < 1.29 is 9.47 Å². The lowest BCUT2D eigenvalue weighted by molar-refractivity contribution is 0.344. The van der Waals surface area contributed by atoms with Crippen LogP contribution in [0.4, 0.5) is 0 Å². The van der Waals surface area contributed by atoms with E-state index in [1.165, 1.54) is 5.56 Å². The van der Waals surface area contributed by atoms with Crippen LogP contribution in [0.25, 0.3) is 0 Å². The van der Waals surface area contributed by atoms with Gasteiger partial charge in [-0.15, -0.1) is 0 Å². The van der Waals surface area contributed by atoms with Crippen molar-refractivity contribution in [3.63, 3.8) is 0 Å². The van der Waals surface area contributed by atoms with Gasteiger partial charge in [0.15, 0.2) is 0 Å². The van der Waals surface area contributed by atoms with Crippen molar-refractivity contribution in [2.24, 2.45) is 4.99 Å². The summed E-state index contributed by atoms with van der Waals surface area (Å²) in [4.78, 5) is 4.86. The molecule has 0 aromatic heterocycles. The Kier molecular flexibility index (Phi) is 3.83. The molecule has 0 saturated heterocycles. The number of nitrogens with zero attached hydrogens (tertiary/aromatic N) is 1. The Bertz CT molecular complexity index is 502. The van der Waals surface area contributed by atoms with E-state index in [4.69, 9.17) is 14.5 Å². The Labute approximate surface area is 115 Å². The quantitative estimate of drug-likeness (QED) is 0.833. The number of aryl methyl sites for hydroxylation is 1. The van der Waals surface area contributed by atoms with Gasteiger partial charge in [-0.2, -0.15) is 0 Å². The molecule has 2 rings (SSSR count). The number of fused-ring (bicyclic) bond motifs is 1. The number of methoxy groups -OCH3 is 2. The zero-order chi connectivity index (χ0) is 14.0. The summed E-state index contributed by atoms with van der Waals surface area (Å²) in [5.41, 5.74) is 3.47. The Morgan fingerprint density at radius 1 is 1.16 bits per heavy atom. The van der Waals surface area contributed by atoms with Crippen LogP contribution in [0.15, 0.2) is 17.1 Å². The van der Waals surface area contributed by atoms with Crippen LogP contribution in [-0.2, 0) is 11.2 Å².